The summed E-state index contributed by atoms with van der Waals surface area (Å²) in [5.74, 6) is 3.22. The zero-order valence-electron chi connectivity index (χ0n) is 46.7. The van der Waals surface area contributed by atoms with Crippen LogP contribution in [0.25, 0.3) is 11.1 Å². The number of rotatable bonds is 12. The third kappa shape index (κ3) is 13.5. The van der Waals surface area contributed by atoms with Crippen molar-refractivity contribution in [1.29, 1.82) is 0 Å². The van der Waals surface area contributed by atoms with Gasteiger partial charge in [-0.2, -0.15) is 5.10 Å². The lowest BCUT2D eigenvalue weighted by Crippen LogP contribution is -2.41. The van der Waals surface area contributed by atoms with Gasteiger partial charge in [-0.3, -0.25) is 19.7 Å². The summed E-state index contributed by atoms with van der Waals surface area (Å²) in [6, 6.07) is 27.9. The van der Waals surface area contributed by atoms with Crippen molar-refractivity contribution in [3.05, 3.63) is 136 Å². The number of halogens is 1. The van der Waals surface area contributed by atoms with Gasteiger partial charge in [0, 0.05) is 73.9 Å². The molecular formula is C61H77BBrN7O8. The molecule has 2 amide bonds. The Morgan fingerprint density at radius 1 is 0.667 bits per heavy atom. The monoisotopic (exact) mass is 1130 g/mol. The van der Waals surface area contributed by atoms with Crippen molar-refractivity contribution < 1.29 is 37.8 Å². The number of nitrogens with one attached hydrogen (secondary N) is 1. The van der Waals surface area contributed by atoms with Crippen molar-refractivity contribution in [1.82, 2.24) is 29.8 Å². The van der Waals surface area contributed by atoms with E-state index < -0.39 is 0 Å². The molecule has 2 unspecified atom stereocenters. The van der Waals surface area contributed by atoms with E-state index in [1.807, 2.05) is 82.9 Å². The number of carbonyl (C=O) groups is 2. The molecule has 0 spiro atoms. The average Bonchev–Trinajstić information content (AvgIpc) is 4.43. The quantitative estimate of drug-likeness (QED) is 0.119. The minimum absolute atomic E-state index is 0.0289. The first-order chi connectivity index (χ1) is 37.6. The molecule has 5 aromatic rings. The lowest BCUT2D eigenvalue weighted by atomic mass is 9.79. The number of amides is 2. The van der Waals surface area contributed by atoms with Crippen molar-refractivity contribution in [2.75, 3.05) is 74.1 Å². The van der Waals surface area contributed by atoms with Crippen LogP contribution < -0.4 is 18.9 Å². The molecule has 1 N–H and O–H groups in total. The standard InChI is InChI=1S/C27H32N4O3.C24H29BrN2O3.C10H16BNO2/c1-30-13-10-22(11-14-30)34-23-6-3-5-19(15-23)25-7-4-12-31(25)27(32)20-8-9-24(26(16-20)33-2)21-17-28-29-18-21;1-26-13-10-19(11-14-26)30-20-6-3-5-17(15-20)22-7-4-12-27(22)24(28)18-8-9-21(25)23(16-18)29-2;1-9(2)10(3,4)14-11(13-9)8-5-6-12-7-8/h3,5-6,8-9,15-18,22,25H,4,7,10-14H2,1-2H3,(H,28,29);3,5-6,8-9,15-16,19,22H,4,7,10-14H2,1-2H3;5,7H,6H2,1-4H3. The van der Waals surface area contributed by atoms with E-state index in [0.717, 1.165) is 141 Å². The Hall–Kier alpha value is -5.98. The normalized spacial score (nSPS) is 21.3. The predicted molar refractivity (Wildman–Crippen MR) is 310 cm³/mol. The molecule has 0 saturated carbocycles. The summed E-state index contributed by atoms with van der Waals surface area (Å²) >= 11 is 3.46. The number of hydrogen-bond acceptors (Lipinski definition) is 12. The van der Waals surface area contributed by atoms with E-state index in [-0.39, 0.29) is 54.4 Å². The van der Waals surface area contributed by atoms with Crippen LogP contribution in [0.5, 0.6) is 23.0 Å². The number of aromatic nitrogens is 2. The predicted octanol–water partition coefficient (Wildman–Crippen LogP) is 11.1. The summed E-state index contributed by atoms with van der Waals surface area (Å²) in [6.07, 6.45) is 16.1. The van der Waals surface area contributed by atoms with E-state index >= 15 is 0 Å². The Kier molecular flexibility index (Phi) is 18.5. The first-order valence-electron chi connectivity index (χ1n) is 27.7. The Morgan fingerprint density at radius 2 is 1.18 bits per heavy atom. The number of piperidine rings is 2. The Morgan fingerprint density at radius 3 is 1.65 bits per heavy atom. The second-order valence-corrected chi connectivity index (χ2v) is 23.1. The van der Waals surface area contributed by atoms with E-state index in [0.29, 0.717) is 22.6 Å². The molecule has 1 aromatic heterocycles. The molecule has 78 heavy (non-hydrogen) atoms. The fourth-order valence-electron chi connectivity index (χ4n) is 11.0. The molecule has 5 fully saturated rings. The number of carbonyl (C=O) groups excluding carboxylic acids is 2. The minimum Gasteiger partial charge on any atom is -0.496 e. The number of likely N-dealkylation sites (tertiary alicyclic amines) is 4. The molecule has 11 rings (SSSR count). The van der Waals surface area contributed by atoms with Crippen LogP contribution >= 0.6 is 15.9 Å². The maximum atomic E-state index is 13.5. The number of methoxy groups -OCH3 is 2. The molecule has 4 aromatic carbocycles. The molecule has 6 aliphatic heterocycles. The Bertz CT molecular complexity index is 2880. The van der Waals surface area contributed by atoms with E-state index in [9.17, 15) is 9.59 Å². The number of allylic oxidation sites excluding steroid dienone is 1. The molecule has 17 heteroatoms. The first-order valence-corrected chi connectivity index (χ1v) is 28.5. The lowest BCUT2D eigenvalue weighted by Gasteiger charge is -2.32. The summed E-state index contributed by atoms with van der Waals surface area (Å²) in [4.78, 5) is 39.6. The zero-order valence-corrected chi connectivity index (χ0v) is 48.3. The molecule has 6 aliphatic rings. The molecule has 0 bridgehead atoms. The van der Waals surface area contributed by atoms with E-state index in [4.69, 9.17) is 28.3 Å². The maximum absolute atomic E-state index is 13.5. The van der Waals surface area contributed by atoms with Crippen LogP contribution in [0, 0.1) is 0 Å². The fourth-order valence-corrected chi connectivity index (χ4v) is 11.4. The number of hydrogen-bond donors (Lipinski definition) is 1. The minimum atomic E-state index is -0.255. The summed E-state index contributed by atoms with van der Waals surface area (Å²) in [7, 11) is 7.31. The van der Waals surface area contributed by atoms with Gasteiger partial charge in [0.2, 0.25) is 0 Å². The maximum Gasteiger partial charge on any atom is 0.496 e. The van der Waals surface area contributed by atoms with Gasteiger partial charge in [-0.05, 0) is 186 Å². The van der Waals surface area contributed by atoms with Crippen LogP contribution in [0.1, 0.15) is 123 Å². The van der Waals surface area contributed by atoms with Gasteiger partial charge < -0.3 is 47.9 Å². The average molecular weight is 1130 g/mol. The van der Waals surface area contributed by atoms with Crippen LogP contribution in [-0.2, 0) is 9.31 Å². The molecule has 0 radical (unpaired) electrons. The molecule has 0 aliphatic carbocycles. The lowest BCUT2D eigenvalue weighted by molar-refractivity contribution is 0.00578. The number of ether oxygens (including phenoxy) is 4. The largest absolute Gasteiger partial charge is 0.496 e. The number of aromatic amines is 1. The topological polar surface area (TPSA) is 144 Å². The van der Waals surface area contributed by atoms with Crippen LogP contribution in [0.4, 0.5) is 0 Å². The molecule has 15 nitrogen and oxygen atoms in total. The second kappa shape index (κ2) is 25.4. The summed E-state index contributed by atoms with van der Waals surface area (Å²) in [6.45, 7) is 14.8. The third-order valence-electron chi connectivity index (χ3n) is 16.3. The van der Waals surface area contributed by atoms with Gasteiger partial charge in [-0.15, -0.1) is 0 Å². The number of H-pyrrole nitrogens is 1. The zero-order chi connectivity index (χ0) is 55.0. The highest BCUT2D eigenvalue weighted by atomic mass is 79.9. The highest BCUT2D eigenvalue weighted by molar-refractivity contribution is 9.10. The van der Waals surface area contributed by atoms with Crippen LogP contribution in [0.15, 0.2) is 118 Å². The smallest absolute Gasteiger partial charge is 0.496 e. The molecule has 2 atom stereocenters. The number of benzene rings is 4. The summed E-state index contributed by atoms with van der Waals surface area (Å²) < 4.78 is 36.1. The van der Waals surface area contributed by atoms with Crippen LogP contribution in [0.2, 0.25) is 0 Å². The fraction of sp³-hybridized carbons (Fsp3) is 0.475. The number of nitrogens with zero attached hydrogens (tertiary/aromatic N) is 6. The van der Waals surface area contributed by atoms with Crippen molar-refractivity contribution in [3.8, 4) is 34.1 Å². The molecule has 5 saturated heterocycles. The summed E-state index contributed by atoms with van der Waals surface area (Å²) in [5, 5.41) is 6.84. The van der Waals surface area contributed by atoms with Gasteiger partial charge in [-0.1, -0.05) is 30.3 Å². The van der Waals surface area contributed by atoms with Crippen molar-refractivity contribution in [2.24, 2.45) is 4.99 Å². The highest BCUT2D eigenvalue weighted by Gasteiger charge is 2.52. The van der Waals surface area contributed by atoms with Crippen LogP contribution in [0.3, 0.4) is 0 Å². The number of aliphatic imine (C=N–C) groups is 1. The van der Waals surface area contributed by atoms with Crippen LogP contribution in [-0.4, -0.2) is 152 Å². The third-order valence-corrected chi connectivity index (χ3v) is 17.0. The van der Waals surface area contributed by atoms with E-state index in [1.165, 1.54) is 0 Å². The highest BCUT2D eigenvalue weighted by Crippen LogP contribution is 2.40. The molecule has 7 heterocycles. The van der Waals surface area contributed by atoms with E-state index in [2.05, 4.69) is 107 Å². The van der Waals surface area contributed by atoms with Gasteiger partial charge in [-0.25, -0.2) is 0 Å². The molecular weight excluding hydrogens is 1050 g/mol. The van der Waals surface area contributed by atoms with Gasteiger partial charge in [0.1, 0.15) is 35.2 Å². The Balaban J connectivity index is 0.000000154. The summed E-state index contributed by atoms with van der Waals surface area (Å²) in [5.41, 5.74) is 5.94. The van der Waals surface area contributed by atoms with E-state index in [1.54, 1.807) is 26.5 Å². The van der Waals surface area contributed by atoms with Gasteiger partial charge in [0.15, 0.2) is 0 Å². The molecule has 414 valence electrons. The second-order valence-electron chi connectivity index (χ2n) is 22.2. The van der Waals surface area contributed by atoms with Crippen molar-refractivity contribution >= 4 is 41.1 Å². The van der Waals surface area contributed by atoms with Crippen molar-refractivity contribution in [3.63, 3.8) is 0 Å². The van der Waals surface area contributed by atoms with Crippen molar-refractivity contribution in [2.45, 2.75) is 115 Å². The SMILES string of the molecule is CC1(C)OB(C2=CCN=C2)OC1(C)C.COc1cc(C(=O)N2CCCC2c2cccc(OC3CCN(C)CC3)c2)ccc1-c1cn[nH]c1.COc1cc(C(=O)N2CCCC2c2cccc(OC3CCN(C)CC3)c2)ccc1Br. The van der Waals surface area contributed by atoms with Gasteiger partial charge >= 0.3 is 7.12 Å². The van der Waals surface area contributed by atoms with Gasteiger partial charge in [0.25, 0.3) is 11.8 Å². The van der Waals surface area contributed by atoms with Gasteiger partial charge in [0.05, 0.1) is 54.7 Å². The Labute approximate surface area is 469 Å². The first kappa shape index (κ1) is 56.7.